The standard InChI is InChI=1S/C21H26F3N5O3S/c1-33-18-25-10-14-16(27-18)26-13-29(17(14)31)12-20(32)8-9-28(11-19(20)5-2-3-6-19)15(30)4-7-21(22,23)24/h10,13,32H,2-9,11-12H2,1H3. The highest BCUT2D eigenvalue weighted by Crippen LogP contribution is 2.51. The van der Waals surface area contributed by atoms with Crippen LogP contribution in [0.1, 0.15) is 44.9 Å². The van der Waals surface area contributed by atoms with Crippen LogP contribution in [0.2, 0.25) is 0 Å². The number of carbonyl (C=O) groups excluding carboxylic acids is 1. The van der Waals surface area contributed by atoms with Gasteiger partial charge >= 0.3 is 6.18 Å². The molecule has 1 saturated carbocycles. The molecule has 180 valence electrons. The number of thioether (sulfide) groups is 1. The van der Waals surface area contributed by atoms with Crippen molar-refractivity contribution in [3.05, 3.63) is 22.9 Å². The Morgan fingerprint density at radius 3 is 2.64 bits per heavy atom. The van der Waals surface area contributed by atoms with Gasteiger partial charge in [0.1, 0.15) is 11.7 Å². The van der Waals surface area contributed by atoms with E-state index in [0.29, 0.717) is 18.0 Å². The lowest BCUT2D eigenvalue weighted by Crippen LogP contribution is -2.62. The van der Waals surface area contributed by atoms with Gasteiger partial charge in [-0.05, 0) is 25.5 Å². The second-order valence-corrected chi connectivity index (χ2v) is 9.74. The van der Waals surface area contributed by atoms with Crippen molar-refractivity contribution in [1.82, 2.24) is 24.4 Å². The third kappa shape index (κ3) is 4.72. The van der Waals surface area contributed by atoms with Gasteiger partial charge < -0.3 is 10.0 Å². The van der Waals surface area contributed by atoms with Crippen LogP contribution < -0.4 is 5.56 Å². The monoisotopic (exact) mass is 485 g/mol. The Balaban J connectivity index is 1.58. The summed E-state index contributed by atoms with van der Waals surface area (Å²) in [6.07, 6.45) is 1.64. The molecule has 3 heterocycles. The first-order valence-corrected chi connectivity index (χ1v) is 12.1. The number of rotatable bonds is 5. The van der Waals surface area contributed by atoms with E-state index in [1.165, 1.54) is 33.8 Å². The van der Waals surface area contributed by atoms with Crippen LogP contribution in [0.25, 0.3) is 11.0 Å². The first kappa shape index (κ1) is 23.9. The van der Waals surface area contributed by atoms with Crippen LogP contribution in [0.15, 0.2) is 22.5 Å². The largest absolute Gasteiger partial charge is 0.389 e. The van der Waals surface area contributed by atoms with Crippen molar-refractivity contribution in [2.45, 2.75) is 68.4 Å². The fourth-order valence-electron chi connectivity index (χ4n) is 5.15. The van der Waals surface area contributed by atoms with Gasteiger partial charge in [-0.3, -0.25) is 14.2 Å². The number of amides is 1. The van der Waals surface area contributed by atoms with Crippen molar-refractivity contribution in [3.63, 3.8) is 0 Å². The van der Waals surface area contributed by atoms with E-state index in [1.54, 1.807) is 0 Å². The lowest BCUT2D eigenvalue weighted by molar-refractivity contribution is -0.166. The molecule has 1 N–H and O–H groups in total. The van der Waals surface area contributed by atoms with Crippen LogP contribution in [0.3, 0.4) is 0 Å². The maximum absolute atomic E-state index is 13.1. The van der Waals surface area contributed by atoms with Crippen molar-refractivity contribution >= 4 is 28.7 Å². The third-order valence-corrected chi connectivity index (χ3v) is 7.55. The normalized spacial score (nSPS) is 22.9. The molecular weight excluding hydrogens is 459 g/mol. The maximum atomic E-state index is 13.1. The lowest BCUT2D eigenvalue weighted by Gasteiger charge is -2.52. The zero-order chi connectivity index (χ0) is 23.9. The highest BCUT2D eigenvalue weighted by atomic mass is 32.2. The molecule has 1 unspecified atom stereocenters. The summed E-state index contributed by atoms with van der Waals surface area (Å²) in [4.78, 5) is 39.6. The van der Waals surface area contributed by atoms with Crippen LogP contribution in [0.4, 0.5) is 13.2 Å². The lowest BCUT2D eigenvalue weighted by atomic mass is 9.65. The first-order valence-electron chi connectivity index (χ1n) is 10.9. The van der Waals surface area contributed by atoms with Crippen LogP contribution in [-0.2, 0) is 11.3 Å². The smallest absolute Gasteiger partial charge is 0.387 e. The van der Waals surface area contributed by atoms with Gasteiger partial charge in [-0.15, -0.1) is 0 Å². The summed E-state index contributed by atoms with van der Waals surface area (Å²) in [6.45, 7) is 0.324. The number of carbonyl (C=O) groups is 1. The second-order valence-electron chi connectivity index (χ2n) is 8.97. The summed E-state index contributed by atoms with van der Waals surface area (Å²) in [5, 5.41) is 12.5. The summed E-state index contributed by atoms with van der Waals surface area (Å²) < 4.78 is 39.1. The molecule has 1 saturated heterocycles. The molecule has 2 aromatic rings. The van der Waals surface area contributed by atoms with Gasteiger partial charge in [0.05, 0.1) is 18.6 Å². The first-order chi connectivity index (χ1) is 15.6. The molecule has 12 heteroatoms. The Kier molecular flexibility index (Phi) is 6.43. The van der Waals surface area contributed by atoms with Gasteiger partial charge in [-0.2, -0.15) is 13.2 Å². The van der Waals surface area contributed by atoms with Gasteiger partial charge in [0.2, 0.25) is 5.91 Å². The molecule has 1 aliphatic heterocycles. The predicted molar refractivity (Wildman–Crippen MR) is 116 cm³/mol. The molecule has 1 spiro atoms. The van der Waals surface area contributed by atoms with Crippen molar-refractivity contribution < 1.29 is 23.1 Å². The van der Waals surface area contributed by atoms with Crippen molar-refractivity contribution in [2.24, 2.45) is 5.41 Å². The number of fused-ring (bicyclic) bond motifs is 1. The van der Waals surface area contributed by atoms with E-state index >= 15 is 0 Å². The molecule has 2 aliphatic rings. The number of aliphatic hydroxyl groups is 1. The Bertz CT molecular complexity index is 1100. The minimum absolute atomic E-state index is 0.0103. The third-order valence-electron chi connectivity index (χ3n) is 6.98. The van der Waals surface area contributed by atoms with Crippen LogP contribution >= 0.6 is 11.8 Å². The van der Waals surface area contributed by atoms with E-state index in [4.69, 9.17) is 0 Å². The van der Waals surface area contributed by atoms with Gasteiger partial charge in [-0.25, -0.2) is 15.0 Å². The average Bonchev–Trinajstić information content (AvgIpc) is 3.25. The number of hydrogen-bond donors (Lipinski definition) is 1. The topological polar surface area (TPSA) is 101 Å². The Labute approximate surface area is 192 Å². The molecule has 8 nitrogen and oxygen atoms in total. The predicted octanol–water partition coefficient (Wildman–Crippen LogP) is 2.77. The Hall–Kier alpha value is -2.21. The number of halogens is 3. The van der Waals surface area contributed by atoms with Crippen LogP contribution in [0.5, 0.6) is 0 Å². The highest BCUT2D eigenvalue weighted by molar-refractivity contribution is 7.98. The molecule has 2 aromatic heterocycles. The zero-order valence-corrected chi connectivity index (χ0v) is 19.1. The molecule has 1 atom stereocenters. The highest BCUT2D eigenvalue weighted by Gasteiger charge is 2.55. The number of aromatic nitrogens is 4. The van der Waals surface area contributed by atoms with Crippen LogP contribution in [0, 0.1) is 5.41 Å². The molecule has 33 heavy (non-hydrogen) atoms. The summed E-state index contributed by atoms with van der Waals surface area (Å²) >= 11 is 1.34. The van der Waals surface area contributed by atoms with E-state index in [9.17, 15) is 27.9 Å². The molecule has 4 rings (SSSR count). The summed E-state index contributed by atoms with van der Waals surface area (Å²) in [7, 11) is 0. The fraction of sp³-hybridized carbons (Fsp3) is 0.667. The van der Waals surface area contributed by atoms with E-state index in [-0.39, 0.29) is 42.6 Å². The van der Waals surface area contributed by atoms with E-state index in [2.05, 4.69) is 15.0 Å². The number of piperidine rings is 1. The SMILES string of the molecule is CSc1ncc2c(=O)n(CC3(O)CCN(C(=O)CCC(F)(F)F)CC34CCCC4)cnc2n1. The van der Waals surface area contributed by atoms with Crippen molar-refractivity contribution in [1.29, 1.82) is 0 Å². The Morgan fingerprint density at radius 2 is 1.97 bits per heavy atom. The van der Waals surface area contributed by atoms with Crippen molar-refractivity contribution in [3.8, 4) is 0 Å². The maximum Gasteiger partial charge on any atom is 0.389 e. The number of hydrogen-bond acceptors (Lipinski definition) is 7. The van der Waals surface area contributed by atoms with E-state index in [1.807, 2.05) is 6.26 Å². The molecule has 1 amide bonds. The van der Waals surface area contributed by atoms with Gasteiger partial charge in [-0.1, -0.05) is 24.6 Å². The quantitative estimate of drug-likeness (QED) is 0.513. The summed E-state index contributed by atoms with van der Waals surface area (Å²) in [6, 6.07) is 0. The summed E-state index contributed by atoms with van der Waals surface area (Å²) in [5.74, 6) is -0.549. The fourth-order valence-corrected chi connectivity index (χ4v) is 5.48. The number of likely N-dealkylation sites (tertiary alicyclic amines) is 1. The van der Waals surface area contributed by atoms with Gasteiger partial charge in [0, 0.05) is 31.1 Å². The minimum Gasteiger partial charge on any atom is -0.387 e. The number of alkyl halides is 3. The Morgan fingerprint density at radius 1 is 1.24 bits per heavy atom. The molecule has 0 radical (unpaired) electrons. The molecule has 0 aromatic carbocycles. The van der Waals surface area contributed by atoms with Gasteiger partial charge in [0.25, 0.3) is 5.56 Å². The second kappa shape index (κ2) is 8.86. The molecule has 2 fully saturated rings. The average molecular weight is 486 g/mol. The summed E-state index contributed by atoms with van der Waals surface area (Å²) in [5.41, 5.74) is -2.04. The molecular formula is C21H26F3N5O3S. The van der Waals surface area contributed by atoms with Crippen molar-refractivity contribution in [2.75, 3.05) is 19.3 Å². The van der Waals surface area contributed by atoms with Gasteiger partial charge in [0.15, 0.2) is 10.8 Å². The van der Waals surface area contributed by atoms with E-state index < -0.39 is 35.9 Å². The van der Waals surface area contributed by atoms with Crippen LogP contribution in [-0.4, -0.2) is 66.6 Å². The minimum atomic E-state index is -4.39. The molecule has 1 aliphatic carbocycles. The molecule has 0 bridgehead atoms. The number of nitrogens with zero attached hydrogens (tertiary/aromatic N) is 5. The zero-order valence-electron chi connectivity index (χ0n) is 18.3. The van der Waals surface area contributed by atoms with E-state index in [0.717, 1.165) is 12.8 Å².